The molecule has 0 bridgehead atoms. The zero-order valence-corrected chi connectivity index (χ0v) is 16.2. The Morgan fingerprint density at radius 1 is 1.15 bits per heavy atom. The van der Waals surface area contributed by atoms with Gasteiger partial charge in [-0.15, -0.1) is 11.3 Å². The van der Waals surface area contributed by atoms with Gasteiger partial charge in [-0.2, -0.15) is 0 Å². The molecule has 0 aliphatic heterocycles. The molecule has 5 heteroatoms. The van der Waals surface area contributed by atoms with Crippen molar-refractivity contribution in [3.63, 3.8) is 0 Å². The summed E-state index contributed by atoms with van der Waals surface area (Å²) >= 11 is 1.51. The molecule has 138 valence electrons. The number of rotatable bonds is 5. The third kappa shape index (κ3) is 4.52. The predicted molar refractivity (Wildman–Crippen MR) is 105 cm³/mol. The Bertz CT molecular complexity index is 756. The molecule has 4 nitrogen and oxygen atoms in total. The van der Waals surface area contributed by atoms with Gasteiger partial charge >= 0.3 is 5.97 Å². The molecule has 0 spiro atoms. The van der Waals surface area contributed by atoms with E-state index in [1.807, 2.05) is 30.3 Å². The van der Waals surface area contributed by atoms with Crippen LogP contribution in [0.4, 0.5) is 5.69 Å². The summed E-state index contributed by atoms with van der Waals surface area (Å²) in [4.78, 5) is 26.6. The zero-order valence-electron chi connectivity index (χ0n) is 15.3. The van der Waals surface area contributed by atoms with Gasteiger partial charge in [0.05, 0.1) is 0 Å². The maximum atomic E-state index is 12.4. The molecular formula is C21H25NO3S. The van der Waals surface area contributed by atoms with Crippen molar-refractivity contribution in [3.05, 3.63) is 51.2 Å². The van der Waals surface area contributed by atoms with E-state index in [0.717, 1.165) is 19.3 Å². The van der Waals surface area contributed by atoms with Crippen LogP contribution in [0.1, 0.15) is 58.8 Å². The molecule has 0 fully saturated rings. The van der Waals surface area contributed by atoms with Crippen LogP contribution < -0.4 is 5.32 Å². The van der Waals surface area contributed by atoms with Crippen molar-refractivity contribution in [1.29, 1.82) is 0 Å². The van der Waals surface area contributed by atoms with Gasteiger partial charge in [0, 0.05) is 10.6 Å². The summed E-state index contributed by atoms with van der Waals surface area (Å²) in [7, 11) is 0. The molecular weight excluding hydrogens is 346 g/mol. The number of carbonyl (C=O) groups excluding carboxylic acids is 2. The third-order valence-electron chi connectivity index (χ3n) is 4.73. The first-order valence-electron chi connectivity index (χ1n) is 9.29. The van der Waals surface area contributed by atoms with Crippen LogP contribution in [-0.2, 0) is 28.8 Å². The summed E-state index contributed by atoms with van der Waals surface area (Å²) in [6.45, 7) is 3.69. The second-order valence-corrected chi connectivity index (χ2v) is 7.84. The number of carbonyl (C=O) groups is 2. The molecule has 1 N–H and O–H groups in total. The molecule has 2 aromatic rings. The largest absolute Gasteiger partial charge is 0.448 e. The smallest absolute Gasteiger partial charge is 0.349 e. The Kier molecular flexibility index (Phi) is 6.09. The molecule has 1 aromatic carbocycles. The van der Waals surface area contributed by atoms with Gasteiger partial charge in [0.1, 0.15) is 4.88 Å². The fraction of sp³-hybridized carbons (Fsp3) is 0.429. The van der Waals surface area contributed by atoms with Gasteiger partial charge in [0.25, 0.3) is 5.91 Å². The van der Waals surface area contributed by atoms with E-state index in [4.69, 9.17) is 4.74 Å². The van der Waals surface area contributed by atoms with E-state index in [2.05, 4.69) is 12.2 Å². The standard InChI is InChI=1S/C21H25NO3S/c1-3-15-9-11-17(12-10-15)22-20(23)14(2)25-21(24)19-13-16-7-5-4-6-8-18(16)26-19/h9-14H,3-8H2,1-2H3,(H,22,23). The first-order valence-corrected chi connectivity index (χ1v) is 10.1. The lowest BCUT2D eigenvalue weighted by Gasteiger charge is -2.13. The number of ether oxygens (including phenoxy) is 1. The monoisotopic (exact) mass is 371 g/mol. The van der Waals surface area contributed by atoms with Crippen LogP contribution in [0.2, 0.25) is 0 Å². The van der Waals surface area contributed by atoms with Crippen LogP contribution in [0.5, 0.6) is 0 Å². The first kappa shape index (κ1) is 18.6. The molecule has 0 saturated carbocycles. The summed E-state index contributed by atoms with van der Waals surface area (Å²) in [6.07, 6.45) is 5.78. The Morgan fingerprint density at radius 3 is 2.62 bits per heavy atom. The van der Waals surface area contributed by atoms with Crippen molar-refractivity contribution in [1.82, 2.24) is 0 Å². The molecule has 1 aromatic heterocycles. The van der Waals surface area contributed by atoms with E-state index in [-0.39, 0.29) is 5.91 Å². The summed E-state index contributed by atoms with van der Waals surface area (Å²) in [5.41, 5.74) is 3.19. The normalized spacial score (nSPS) is 14.8. The topological polar surface area (TPSA) is 55.4 Å². The second-order valence-electron chi connectivity index (χ2n) is 6.71. The zero-order chi connectivity index (χ0) is 18.5. The van der Waals surface area contributed by atoms with Crippen LogP contribution in [0.15, 0.2) is 30.3 Å². The molecule has 3 rings (SSSR count). The summed E-state index contributed by atoms with van der Waals surface area (Å²) in [5, 5.41) is 2.79. The van der Waals surface area contributed by atoms with Gasteiger partial charge in [-0.05, 0) is 68.4 Å². The average molecular weight is 372 g/mol. The third-order valence-corrected chi connectivity index (χ3v) is 5.95. The maximum Gasteiger partial charge on any atom is 0.349 e. The highest BCUT2D eigenvalue weighted by Gasteiger charge is 2.22. The van der Waals surface area contributed by atoms with Crippen LogP contribution in [0, 0.1) is 0 Å². The Morgan fingerprint density at radius 2 is 1.88 bits per heavy atom. The molecule has 1 aliphatic carbocycles. The number of anilines is 1. The minimum Gasteiger partial charge on any atom is -0.448 e. The second kappa shape index (κ2) is 8.49. The Hall–Kier alpha value is -2.14. The quantitative estimate of drug-likeness (QED) is 0.609. The summed E-state index contributed by atoms with van der Waals surface area (Å²) < 4.78 is 5.38. The lowest BCUT2D eigenvalue weighted by molar-refractivity contribution is -0.123. The number of hydrogen-bond donors (Lipinski definition) is 1. The number of aryl methyl sites for hydroxylation is 3. The van der Waals surface area contributed by atoms with E-state index in [1.165, 1.54) is 46.6 Å². The van der Waals surface area contributed by atoms with Gasteiger partial charge in [0.2, 0.25) is 0 Å². The average Bonchev–Trinajstić information content (AvgIpc) is 2.93. The number of esters is 1. The lowest BCUT2D eigenvalue weighted by Crippen LogP contribution is -2.29. The van der Waals surface area contributed by atoms with E-state index >= 15 is 0 Å². The maximum absolute atomic E-state index is 12.4. The van der Waals surface area contributed by atoms with Crippen molar-refractivity contribution in [2.75, 3.05) is 5.32 Å². The van der Waals surface area contributed by atoms with Crippen molar-refractivity contribution < 1.29 is 14.3 Å². The van der Waals surface area contributed by atoms with E-state index in [0.29, 0.717) is 10.6 Å². The SMILES string of the molecule is CCc1ccc(NC(=O)C(C)OC(=O)c2cc3c(s2)CCCCC3)cc1. The van der Waals surface area contributed by atoms with Crippen LogP contribution in [0.25, 0.3) is 0 Å². The molecule has 1 heterocycles. The van der Waals surface area contributed by atoms with Gasteiger partial charge in [-0.1, -0.05) is 25.5 Å². The van der Waals surface area contributed by atoms with Crippen molar-refractivity contribution in [2.45, 2.75) is 58.5 Å². The minimum absolute atomic E-state index is 0.319. The molecule has 1 unspecified atom stereocenters. The highest BCUT2D eigenvalue weighted by atomic mass is 32.1. The number of nitrogens with one attached hydrogen (secondary N) is 1. The highest BCUT2D eigenvalue weighted by molar-refractivity contribution is 7.14. The van der Waals surface area contributed by atoms with Gasteiger partial charge in [-0.25, -0.2) is 4.79 Å². The van der Waals surface area contributed by atoms with Gasteiger partial charge in [0.15, 0.2) is 6.10 Å². The fourth-order valence-corrected chi connectivity index (χ4v) is 4.24. The van der Waals surface area contributed by atoms with Crippen molar-refractivity contribution in [2.24, 2.45) is 0 Å². The predicted octanol–water partition coefficient (Wildman–Crippen LogP) is 4.76. The fourth-order valence-electron chi connectivity index (χ4n) is 3.11. The first-order chi connectivity index (χ1) is 12.6. The van der Waals surface area contributed by atoms with E-state index < -0.39 is 12.1 Å². The Labute approximate surface area is 158 Å². The van der Waals surface area contributed by atoms with E-state index in [1.54, 1.807) is 6.92 Å². The van der Waals surface area contributed by atoms with Gasteiger partial charge < -0.3 is 10.1 Å². The number of amides is 1. The molecule has 0 radical (unpaired) electrons. The number of thiophene rings is 1. The minimum atomic E-state index is -0.838. The highest BCUT2D eigenvalue weighted by Crippen LogP contribution is 2.29. The summed E-state index contributed by atoms with van der Waals surface area (Å²) in [5.74, 6) is -0.729. The molecule has 0 saturated heterocycles. The van der Waals surface area contributed by atoms with Crippen molar-refractivity contribution >= 4 is 28.9 Å². The van der Waals surface area contributed by atoms with E-state index in [9.17, 15) is 9.59 Å². The lowest BCUT2D eigenvalue weighted by atomic mass is 10.1. The van der Waals surface area contributed by atoms with Crippen LogP contribution >= 0.6 is 11.3 Å². The molecule has 26 heavy (non-hydrogen) atoms. The molecule has 1 atom stereocenters. The molecule has 1 amide bonds. The van der Waals surface area contributed by atoms with Crippen molar-refractivity contribution in [3.8, 4) is 0 Å². The van der Waals surface area contributed by atoms with Crippen LogP contribution in [-0.4, -0.2) is 18.0 Å². The van der Waals surface area contributed by atoms with Crippen LogP contribution in [0.3, 0.4) is 0 Å². The number of fused-ring (bicyclic) bond motifs is 1. The number of hydrogen-bond acceptors (Lipinski definition) is 4. The van der Waals surface area contributed by atoms with Gasteiger partial charge in [-0.3, -0.25) is 4.79 Å². The summed E-state index contributed by atoms with van der Waals surface area (Å²) in [6, 6.07) is 9.63. The number of benzene rings is 1. The Balaban J connectivity index is 1.58. The molecule has 1 aliphatic rings.